The molecule has 1 fully saturated rings. The molecule has 4 aromatic rings. The van der Waals surface area contributed by atoms with Crippen LogP contribution in [0, 0.1) is 0 Å². The molecule has 0 saturated carbocycles. The zero-order valence-electron chi connectivity index (χ0n) is 15.8. The van der Waals surface area contributed by atoms with E-state index in [1.165, 1.54) is 0 Å². The average Bonchev–Trinajstić information content (AvgIpc) is 3.13. The molecule has 4 heterocycles. The van der Waals surface area contributed by atoms with Gasteiger partial charge in [-0.3, -0.25) is 4.98 Å². The summed E-state index contributed by atoms with van der Waals surface area (Å²) in [6.07, 6.45) is 3.62. The largest absolute Gasteiger partial charge is 0.476 e. The molecule has 2 N–H and O–H groups in total. The molecule has 3 aromatic heterocycles. The lowest BCUT2D eigenvalue weighted by Gasteiger charge is -2.27. The minimum Gasteiger partial charge on any atom is -0.476 e. The number of rotatable bonds is 4. The number of benzene rings is 1. The van der Waals surface area contributed by atoms with Gasteiger partial charge in [-0.05, 0) is 36.2 Å². The summed E-state index contributed by atoms with van der Waals surface area (Å²) in [4.78, 5) is 19.4. The Balaban J connectivity index is 1.67. The quantitative estimate of drug-likeness (QED) is 0.572. The van der Waals surface area contributed by atoms with Crippen molar-refractivity contribution >= 4 is 27.9 Å². The first-order valence-corrected chi connectivity index (χ1v) is 9.66. The first-order valence-electron chi connectivity index (χ1n) is 9.66. The summed E-state index contributed by atoms with van der Waals surface area (Å²) in [5.74, 6) is 1.35. The fourth-order valence-corrected chi connectivity index (χ4v) is 3.70. The normalized spacial score (nSPS) is 14.7. The molecule has 0 unspecified atom stereocenters. The van der Waals surface area contributed by atoms with Crippen LogP contribution >= 0.6 is 0 Å². The second-order valence-corrected chi connectivity index (χ2v) is 6.84. The molecule has 28 heavy (non-hydrogen) atoms. The van der Waals surface area contributed by atoms with Gasteiger partial charge in [0.1, 0.15) is 11.0 Å². The van der Waals surface area contributed by atoms with E-state index in [2.05, 4.69) is 38.4 Å². The van der Waals surface area contributed by atoms with Crippen LogP contribution in [0.2, 0.25) is 0 Å². The highest BCUT2D eigenvalue weighted by atomic mass is 16.5. The van der Waals surface area contributed by atoms with Gasteiger partial charge < -0.3 is 19.9 Å². The van der Waals surface area contributed by atoms with Crippen LogP contribution in [0.5, 0.6) is 5.88 Å². The van der Waals surface area contributed by atoms with Gasteiger partial charge in [-0.25, -0.2) is 4.98 Å². The SMILES string of the molecule is CCOc1nc(N2CCNCC2)nc2c1[nH]c1cc(-c3ccncc3)ccc12. The Morgan fingerprint density at radius 2 is 1.86 bits per heavy atom. The number of piperazine rings is 1. The topological polar surface area (TPSA) is 79.0 Å². The second-order valence-electron chi connectivity index (χ2n) is 6.84. The van der Waals surface area contributed by atoms with E-state index in [4.69, 9.17) is 14.7 Å². The van der Waals surface area contributed by atoms with Crippen molar-refractivity contribution in [2.75, 3.05) is 37.7 Å². The van der Waals surface area contributed by atoms with Crippen molar-refractivity contribution in [2.24, 2.45) is 0 Å². The van der Waals surface area contributed by atoms with E-state index in [0.29, 0.717) is 12.5 Å². The highest BCUT2D eigenvalue weighted by molar-refractivity contribution is 6.07. The Hall–Kier alpha value is -3.19. The number of pyridine rings is 1. The summed E-state index contributed by atoms with van der Waals surface area (Å²) in [5.41, 5.74) is 5.05. The molecule has 5 rings (SSSR count). The molecule has 1 aliphatic heterocycles. The van der Waals surface area contributed by atoms with Crippen molar-refractivity contribution in [1.29, 1.82) is 0 Å². The zero-order valence-corrected chi connectivity index (χ0v) is 15.8. The maximum absolute atomic E-state index is 5.86. The minimum absolute atomic E-state index is 0.560. The van der Waals surface area contributed by atoms with E-state index < -0.39 is 0 Å². The van der Waals surface area contributed by atoms with Crippen LogP contribution in [-0.4, -0.2) is 52.7 Å². The van der Waals surface area contributed by atoms with Crippen molar-refractivity contribution in [3.63, 3.8) is 0 Å². The van der Waals surface area contributed by atoms with Crippen LogP contribution < -0.4 is 15.0 Å². The van der Waals surface area contributed by atoms with Crippen LogP contribution in [0.4, 0.5) is 5.95 Å². The fraction of sp³-hybridized carbons (Fsp3) is 0.286. The molecule has 1 saturated heterocycles. The Morgan fingerprint density at radius 3 is 2.64 bits per heavy atom. The minimum atomic E-state index is 0.560. The zero-order chi connectivity index (χ0) is 18.9. The number of fused-ring (bicyclic) bond motifs is 3. The predicted molar refractivity (Wildman–Crippen MR) is 111 cm³/mol. The highest BCUT2D eigenvalue weighted by Crippen LogP contribution is 2.33. The molecule has 0 radical (unpaired) electrons. The molecule has 7 nitrogen and oxygen atoms in total. The van der Waals surface area contributed by atoms with Gasteiger partial charge in [-0.15, -0.1) is 0 Å². The van der Waals surface area contributed by atoms with E-state index in [1.54, 1.807) is 0 Å². The monoisotopic (exact) mass is 374 g/mol. The molecule has 0 amide bonds. The van der Waals surface area contributed by atoms with Gasteiger partial charge in [-0.1, -0.05) is 12.1 Å². The number of anilines is 1. The molecule has 0 atom stereocenters. The maximum atomic E-state index is 5.86. The molecule has 1 aliphatic rings. The van der Waals surface area contributed by atoms with Gasteiger partial charge in [0.15, 0.2) is 0 Å². The number of hydrogen-bond donors (Lipinski definition) is 2. The average molecular weight is 374 g/mol. The van der Waals surface area contributed by atoms with Crippen molar-refractivity contribution in [3.8, 4) is 17.0 Å². The summed E-state index contributed by atoms with van der Waals surface area (Å²) >= 11 is 0. The number of H-pyrrole nitrogens is 1. The second kappa shape index (κ2) is 7.09. The molecule has 0 aliphatic carbocycles. The number of ether oxygens (including phenoxy) is 1. The third-order valence-electron chi connectivity index (χ3n) is 5.09. The van der Waals surface area contributed by atoms with Gasteiger partial charge in [0.2, 0.25) is 11.8 Å². The molecular formula is C21H22N6O. The van der Waals surface area contributed by atoms with Gasteiger partial charge >= 0.3 is 0 Å². The lowest BCUT2D eigenvalue weighted by molar-refractivity contribution is 0.330. The Labute approximate surface area is 162 Å². The Morgan fingerprint density at radius 1 is 1.04 bits per heavy atom. The van der Waals surface area contributed by atoms with E-state index >= 15 is 0 Å². The van der Waals surface area contributed by atoms with Crippen LogP contribution in [0.15, 0.2) is 42.7 Å². The molecule has 142 valence electrons. The van der Waals surface area contributed by atoms with Crippen LogP contribution in [0.3, 0.4) is 0 Å². The predicted octanol–water partition coefficient (Wildman–Crippen LogP) is 2.98. The number of hydrogen-bond acceptors (Lipinski definition) is 6. The first kappa shape index (κ1) is 16.9. The molecule has 7 heteroatoms. The summed E-state index contributed by atoms with van der Waals surface area (Å²) in [5, 5.41) is 4.45. The van der Waals surface area contributed by atoms with Gasteiger partial charge in [0, 0.05) is 49.5 Å². The number of nitrogens with one attached hydrogen (secondary N) is 2. The number of nitrogens with zero attached hydrogens (tertiary/aromatic N) is 4. The molecule has 1 aromatic carbocycles. The Kier molecular flexibility index (Phi) is 4.29. The third kappa shape index (κ3) is 2.93. The van der Waals surface area contributed by atoms with E-state index in [1.807, 2.05) is 31.5 Å². The molecule has 0 spiro atoms. The lowest BCUT2D eigenvalue weighted by atomic mass is 10.1. The van der Waals surface area contributed by atoms with Crippen LogP contribution in [-0.2, 0) is 0 Å². The summed E-state index contributed by atoms with van der Waals surface area (Å²) in [6, 6.07) is 10.4. The van der Waals surface area contributed by atoms with Gasteiger partial charge in [-0.2, -0.15) is 4.98 Å². The summed E-state index contributed by atoms with van der Waals surface area (Å²) in [7, 11) is 0. The molecule has 0 bridgehead atoms. The highest BCUT2D eigenvalue weighted by Gasteiger charge is 2.19. The van der Waals surface area contributed by atoms with Crippen molar-refractivity contribution in [3.05, 3.63) is 42.7 Å². The lowest BCUT2D eigenvalue weighted by Crippen LogP contribution is -2.44. The fourth-order valence-electron chi connectivity index (χ4n) is 3.70. The molecular weight excluding hydrogens is 352 g/mol. The first-order chi connectivity index (χ1) is 13.8. The summed E-state index contributed by atoms with van der Waals surface area (Å²) in [6.45, 7) is 6.20. The van der Waals surface area contributed by atoms with Crippen LogP contribution in [0.1, 0.15) is 6.92 Å². The smallest absolute Gasteiger partial charge is 0.243 e. The van der Waals surface area contributed by atoms with E-state index in [9.17, 15) is 0 Å². The number of aromatic nitrogens is 4. The van der Waals surface area contributed by atoms with Crippen molar-refractivity contribution < 1.29 is 4.74 Å². The maximum Gasteiger partial charge on any atom is 0.243 e. The van der Waals surface area contributed by atoms with E-state index in [-0.39, 0.29) is 0 Å². The van der Waals surface area contributed by atoms with Gasteiger partial charge in [0.25, 0.3) is 0 Å². The van der Waals surface area contributed by atoms with Crippen LogP contribution in [0.25, 0.3) is 33.1 Å². The van der Waals surface area contributed by atoms with E-state index in [0.717, 1.165) is 65.2 Å². The standard InChI is InChI=1S/C21H22N6O/c1-2-28-20-19-18(25-21(26-20)27-11-9-23-10-12-27)16-4-3-15(13-17(16)24-19)14-5-7-22-8-6-14/h3-8,13,23-24H,2,9-12H2,1H3. The number of aromatic amines is 1. The summed E-state index contributed by atoms with van der Waals surface area (Å²) < 4.78 is 5.86. The third-order valence-corrected chi connectivity index (χ3v) is 5.09. The van der Waals surface area contributed by atoms with Crippen molar-refractivity contribution in [1.82, 2.24) is 25.3 Å². The van der Waals surface area contributed by atoms with Gasteiger partial charge in [0.05, 0.1) is 6.61 Å². The Bertz CT molecular complexity index is 1120. The van der Waals surface area contributed by atoms with Crippen molar-refractivity contribution in [2.45, 2.75) is 6.92 Å².